The lowest BCUT2D eigenvalue weighted by atomic mass is 9.71. The van der Waals surface area contributed by atoms with Crippen molar-refractivity contribution in [2.24, 2.45) is 11.3 Å². The molecule has 1 aliphatic heterocycles. The summed E-state index contributed by atoms with van der Waals surface area (Å²) in [7, 11) is 3.98. The third kappa shape index (κ3) is 1.74. The van der Waals surface area contributed by atoms with E-state index >= 15 is 0 Å². The van der Waals surface area contributed by atoms with Crippen LogP contribution in [0, 0.1) is 11.3 Å². The Hall–Kier alpha value is -0.610. The summed E-state index contributed by atoms with van der Waals surface area (Å²) in [6.45, 7) is 0.753. The van der Waals surface area contributed by atoms with Crippen LogP contribution >= 0.6 is 0 Å². The van der Waals surface area contributed by atoms with Gasteiger partial charge in [0.2, 0.25) is 0 Å². The highest BCUT2D eigenvalue weighted by molar-refractivity contribution is 5.77. The fourth-order valence-corrected chi connectivity index (χ4v) is 3.38. The fourth-order valence-electron chi connectivity index (χ4n) is 3.38. The van der Waals surface area contributed by atoms with Gasteiger partial charge in [0.05, 0.1) is 13.2 Å². The van der Waals surface area contributed by atoms with Crippen molar-refractivity contribution in [1.29, 1.82) is 0 Å². The molecule has 4 nitrogen and oxygen atoms in total. The Labute approximate surface area is 96.6 Å². The van der Waals surface area contributed by atoms with Crippen LogP contribution in [0.2, 0.25) is 0 Å². The summed E-state index contributed by atoms with van der Waals surface area (Å²) in [4.78, 5) is 13.6. The molecule has 2 fully saturated rings. The van der Waals surface area contributed by atoms with E-state index in [1.54, 1.807) is 0 Å². The van der Waals surface area contributed by atoms with E-state index in [9.17, 15) is 9.90 Å². The third-order valence-electron chi connectivity index (χ3n) is 4.11. The molecule has 4 heteroatoms. The number of carboxylic acid groups (broad SMARTS) is 1. The summed E-state index contributed by atoms with van der Waals surface area (Å²) in [5.41, 5.74) is -0.654. The molecule has 16 heavy (non-hydrogen) atoms. The van der Waals surface area contributed by atoms with Crippen LogP contribution in [0.15, 0.2) is 0 Å². The van der Waals surface area contributed by atoms with Crippen molar-refractivity contribution < 1.29 is 14.6 Å². The Kier molecular flexibility index (Phi) is 3.22. The molecule has 1 heterocycles. The zero-order chi connectivity index (χ0) is 11.8. The number of rotatable bonds is 4. The van der Waals surface area contributed by atoms with E-state index in [1.807, 2.05) is 14.1 Å². The van der Waals surface area contributed by atoms with E-state index in [0.717, 1.165) is 12.8 Å². The largest absolute Gasteiger partial charge is 0.481 e. The van der Waals surface area contributed by atoms with Gasteiger partial charge in [-0.3, -0.25) is 4.79 Å². The van der Waals surface area contributed by atoms with E-state index in [4.69, 9.17) is 4.74 Å². The van der Waals surface area contributed by atoms with Gasteiger partial charge in [-0.25, -0.2) is 0 Å². The fraction of sp³-hybridized carbons (Fsp3) is 0.917. The van der Waals surface area contributed by atoms with E-state index in [0.29, 0.717) is 19.1 Å². The van der Waals surface area contributed by atoms with Gasteiger partial charge in [-0.1, -0.05) is 12.8 Å². The zero-order valence-electron chi connectivity index (χ0n) is 10.1. The van der Waals surface area contributed by atoms with Crippen molar-refractivity contribution >= 4 is 5.97 Å². The number of aliphatic carboxylic acids is 1. The van der Waals surface area contributed by atoms with Gasteiger partial charge in [0.25, 0.3) is 0 Å². The molecule has 1 aliphatic carbocycles. The molecule has 1 saturated heterocycles. The molecule has 2 rings (SSSR count). The third-order valence-corrected chi connectivity index (χ3v) is 4.11. The molecule has 1 unspecified atom stereocenters. The van der Waals surface area contributed by atoms with Gasteiger partial charge in [0, 0.05) is 6.04 Å². The summed E-state index contributed by atoms with van der Waals surface area (Å²) >= 11 is 0. The summed E-state index contributed by atoms with van der Waals surface area (Å²) in [6, 6.07) is 0.126. The van der Waals surface area contributed by atoms with Crippen molar-refractivity contribution in [3.8, 4) is 0 Å². The second-order valence-electron chi connectivity index (χ2n) is 5.41. The lowest BCUT2D eigenvalue weighted by Gasteiger charge is -2.48. The van der Waals surface area contributed by atoms with Crippen LogP contribution < -0.4 is 0 Å². The topological polar surface area (TPSA) is 49.8 Å². The van der Waals surface area contributed by atoms with E-state index in [-0.39, 0.29) is 6.04 Å². The smallest absolute Gasteiger partial charge is 0.315 e. The van der Waals surface area contributed by atoms with Gasteiger partial charge in [-0.05, 0) is 32.9 Å². The first-order valence-electron chi connectivity index (χ1n) is 6.05. The Balaban J connectivity index is 2.20. The second-order valence-corrected chi connectivity index (χ2v) is 5.41. The SMILES string of the molecule is CN(C)C(C1CCCC1)C1(C(=O)O)COC1. The summed E-state index contributed by atoms with van der Waals surface area (Å²) < 4.78 is 5.18. The van der Waals surface area contributed by atoms with E-state index < -0.39 is 11.4 Å². The van der Waals surface area contributed by atoms with Gasteiger partial charge in [0.1, 0.15) is 5.41 Å². The highest BCUT2D eigenvalue weighted by Crippen LogP contribution is 2.43. The van der Waals surface area contributed by atoms with Crippen LogP contribution in [0.5, 0.6) is 0 Å². The summed E-state index contributed by atoms with van der Waals surface area (Å²) in [6.07, 6.45) is 4.81. The molecule has 0 radical (unpaired) electrons. The first-order valence-corrected chi connectivity index (χ1v) is 6.05. The Morgan fingerprint density at radius 3 is 2.25 bits per heavy atom. The van der Waals surface area contributed by atoms with Crippen LogP contribution in [-0.2, 0) is 9.53 Å². The normalized spacial score (nSPS) is 26.7. The standard InChI is InChI=1S/C12H21NO3/c1-13(2)10(9-5-3-4-6-9)12(11(14)15)7-16-8-12/h9-10H,3-8H2,1-2H3,(H,14,15). The van der Waals surface area contributed by atoms with Gasteiger partial charge < -0.3 is 14.7 Å². The lowest BCUT2D eigenvalue weighted by Crippen LogP contribution is -2.63. The maximum atomic E-state index is 11.5. The van der Waals surface area contributed by atoms with Crippen LogP contribution in [-0.4, -0.2) is 49.3 Å². The predicted molar refractivity (Wildman–Crippen MR) is 60.3 cm³/mol. The average molecular weight is 227 g/mol. The highest BCUT2D eigenvalue weighted by Gasteiger charge is 2.55. The number of hydrogen-bond donors (Lipinski definition) is 1. The number of hydrogen-bond acceptors (Lipinski definition) is 3. The minimum atomic E-state index is -0.690. The van der Waals surface area contributed by atoms with Gasteiger partial charge in [0.15, 0.2) is 0 Å². The predicted octanol–water partition coefficient (Wildman–Crippen LogP) is 1.21. The first kappa shape index (κ1) is 11.9. The van der Waals surface area contributed by atoms with Gasteiger partial charge >= 0.3 is 5.97 Å². The molecule has 2 aliphatic rings. The van der Waals surface area contributed by atoms with Crippen LogP contribution in [0.1, 0.15) is 25.7 Å². The number of nitrogens with zero attached hydrogens (tertiary/aromatic N) is 1. The summed E-state index contributed by atoms with van der Waals surface area (Å²) in [5.74, 6) is -0.167. The highest BCUT2D eigenvalue weighted by atomic mass is 16.5. The molecular weight excluding hydrogens is 206 g/mol. The van der Waals surface area contributed by atoms with Crippen LogP contribution in [0.3, 0.4) is 0 Å². The van der Waals surface area contributed by atoms with Crippen molar-refractivity contribution in [2.45, 2.75) is 31.7 Å². The zero-order valence-corrected chi connectivity index (χ0v) is 10.1. The average Bonchev–Trinajstić information content (AvgIpc) is 2.61. The minimum Gasteiger partial charge on any atom is -0.481 e. The van der Waals surface area contributed by atoms with E-state index in [1.165, 1.54) is 12.8 Å². The molecule has 0 bridgehead atoms. The number of ether oxygens (including phenoxy) is 1. The molecule has 0 spiro atoms. The first-order chi connectivity index (χ1) is 7.58. The van der Waals surface area contributed by atoms with Crippen molar-refractivity contribution in [1.82, 2.24) is 4.90 Å². The maximum absolute atomic E-state index is 11.5. The van der Waals surface area contributed by atoms with Crippen LogP contribution in [0.4, 0.5) is 0 Å². The number of carbonyl (C=O) groups is 1. The molecule has 92 valence electrons. The molecule has 0 amide bonds. The minimum absolute atomic E-state index is 0.126. The Morgan fingerprint density at radius 2 is 1.94 bits per heavy atom. The number of carboxylic acids is 1. The molecule has 0 aromatic rings. The van der Waals surface area contributed by atoms with Crippen LogP contribution in [0.25, 0.3) is 0 Å². The molecule has 0 aromatic heterocycles. The molecule has 1 atom stereocenters. The molecule has 1 saturated carbocycles. The van der Waals surface area contributed by atoms with E-state index in [2.05, 4.69) is 4.90 Å². The summed E-state index contributed by atoms with van der Waals surface area (Å²) in [5, 5.41) is 9.46. The Bertz CT molecular complexity index is 267. The second kappa shape index (κ2) is 4.34. The van der Waals surface area contributed by atoms with Crippen molar-refractivity contribution in [3.63, 3.8) is 0 Å². The lowest BCUT2D eigenvalue weighted by molar-refractivity contribution is -0.197. The Morgan fingerprint density at radius 1 is 1.38 bits per heavy atom. The van der Waals surface area contributed by atoms with Gasteiger partial charge in [-0.15, -0.1) is 0 Å². The molecular formula is C12H21NO3. The molecule has 1 N–H and O–H groups in total. The van der Waals surface area contributed by atoms with Crippen molar-refractivity contribution in [2.75, 3.05) is 27.3 Å². The monoisotopic (exact) mass is 227 g/mol. The molecule has 0 aromatic carbocycles. The quantitative estimate of drug-likeness (QED) is 0.784. The maximum Gasteiger partial charge on any atom is 0.315 e. The van der Waals surface area contributed by atoms with Gasteiger partial charge in [-0.2, -0.15) is 0 Å². The van der Waals surface area contributed by atoms with Crippen molar-refractivity contribution in [3.05, 3.63) is 0 Å².